The van der Waals surface area contributed by atoms with Gasteiger partial charge in [-0.05, 0) is 19.3 Å². The number of unbranched alkanes of at least 4 members (excludes halogenated alkanes) is 40. The number of carbonyl (C=O) groups excluding carboxylic acids is 1. The number of ether oxygens (including phenoxy) is 4. The van der Waals surface area contributed by atoms with Crippen molar-refractivity contribution in [2.75, 3.05) is 19.8 Å². The molecular formula is C63H121NO13. The largest absolute Gasteiger partial charge is 0.394 e. The fraction of sp³-hybridized carbons (Fsp3) is 0.952. The minimum atomic E-state index is -1.79. The molecule has 2 saturated heterocycles. The van der Waals surface area contributed by atoms with Gasteiger partial charge in [-0.25, -0.2) is 0 Å². The van der Waals surface area contributed by atoms with Crippen LogP contribution < -0.4 is 5.32 Å². The first kappa shape index (κ1) is 71.8. The summed E-state index contributed by atoms with van der Waals surface area (Å²) in [6.45, 7) is 2.84. The first-order valence-corrected chi connectivity index (χ1v) is 32.4. The molecule has 0 bridgehead atoms. The van der Waals surface area contributed by atoms with Crippen molar-refractivity contribution in [3.63, 3.8) is 0 Å². The summed E-state index contributed by atoms with van der Waals surface area (Å²) < 4.78 is 22.8. The lowest BCUT2D eigenvalue weighted by molar-refractivity contribution is -0.359. The Balaban J connectivity index is 1.71. The zero-order valence-corrected chi connectivity index (χ0v) is 49.2. The molecular weight excluding hydrogens is 979 g/mol. The fourth-order valence-corrected chi connectivity index (χ4v) is 11.0. The number of amides is 1. The number of aliphatic hydroxyl groups is 8. The van der Waals surface area contributed by atoms with E-state index < -0.39 is 86.8 Å². The highest BCUT2D eigenvalue weighted by Crippen LogP contribution is 2.30. The molecule has 9 N–H and O–H groups in total. The molecule has 2 aliphatic heterocycles. The molecule has 2 fully saturated rings. The van der Waals surface area contributed by atoms with Gasteiger partial charge >= 0.3 is 0 Å². The summed E-state index contributed by atoms with van der Waals surface area (Å²) in [4.78, 5) is 13.3. The first-order valence-electron chi connectivity index (χ1n) is 32.4. The molecule has 77 heavy (non-hydrogen) atoms. The third-order valence-corrected chi connectivity index (χ3v) is 16.2. The summed E-state index contributed by atoms with van der Waals surface area (Å²) in [5.41, 5.74) is 0. The molecule has 0 aromatic heterocycles. The van der Waals surface area contributed by atoms with Crippen LogP contribution in [-0.2, 0) is 23.7 Å². The zero-order chi connectivity index (χ0) is 56.0. The maximum absolute atomic E-state index is 13.3. The van der Waals surface area contributed by atoms with Gasteiger partial charge in [-0.15, -0.1) is 0 Å². The van der Waals surface area contributed by atoms with Gasteiger partial charge in [0.1, 0.15) is 48.8 Å². The van der Waals surface area contributed by atoms with E-state index in [9.17, 15) is 45.6 Å². The second-order valence-electron chi connectivity index (χ2n) is 23.3. The molecule has 2 rings (SSSR count). The van der Waals surface area contributed by atoms with E-state index in [1.807, 2.05) is 6.08 Å². The van der Waals surface area contributed by atoms with Gasteiger partial charge in [0.05, 0.1) is 32.0 Å². The third kappa shape index (κ3) is 34.7. The maximum Gasteiger partial charge on any atom is 0.220 e. The first-order chi connectivity index (χ1) is 37.6. The molecule has 12 atom stereocenters. The molecule has 0 radical (unpaired) electrons. The SMILES string of the molecule is CCCCCCCCCCCCCCCCCCCCCCCCCC/C=C/C(O)C(COC1OC(CO)C(OC2OC(CO)C(O)C(O)C2O)C(O)C1O)NC(=O)CCCCCCCCCCCCCCCCCCC. The Labute approximate surface area is 469 Å². The van der Waals surface area contributed by atoms with Crippen molar-refractivity contribution in [3.05, 3.63) is 12.2 Å². The summed E-state index contributed by atoms with van der Waals surface area (Å²) in [7, 11) is 0. The highest BCUT2D eigenvalue weighted by molar-refractivity contribution is 5.76. The van der Waals surface area contributed by atoms with Crippen molar-refractivity contribution in [2.24, 2.45) is 0 Å². The number of carbonyl (C=O) groups is 1. The lowest BCUT2D eigenvalue weighted by Crippen LogP contribution is -2.65. The van der Waals surface area contributed by atoms with Gasteiger partial charge in [-0.2, -0.15) is 0 Å². The molecule has 456 valence electrons. The van der Waals surface area contributed by atoms with Crippen molar-refractivity contribution < 1.29 is 64.6 Å². The third-order valence-electron chi connectivity index (χ3n) is 16.2. The van der Waals surface area contributed by atoms with E-state index in [-0.39, 0.29) is 18.9 Å². The molecule has 0 aliphatic carbocycles. The van der Waals surface area contributed by atoms with Gasteiger partial charge in [-0.3, -0.25) is 4.79 Å². The molecule has 0 spiro atoms. The van der Waals surface area contributed by atoms with Crippen molar-refractivity contribution >= 4 is 5.91 Å². The van der Waals surface area contributed by atoms with Gasteiger partial charge in [0.25, 0.3) is 0 Å². The lowest BCUT2D eigenvalue weighted by Gasteiger charge is -2.46. The van der Waals surface area contributed by atoms with Crippen molar-refractivity contribution in [2.45, 2.75) is 364 Å². The van der Waals surface area contributed by atoms with Crippen LogP contribution in [0.1, 0.15) is 290 Å². The minimum absolute atomic E-state index is 0.233. The van der Waals surface area contributed by atoms with Crippen LogP contribution in [0.3, 0.4) is 0 Å². The molecule has 14 heteroatoms. The number of nitrogens with one attached hydrogen (secondary N) is 1. The summed E-state index contributed by atoms with van der Waals surface area (Å²) in [5, 5.41) is 87.2. The smallest absolute Gasteiger partial charge is 0.220 e. The van der Waals surface area contributed by atoms with Gasteiger partial charge in [0.15, 0.2) is 12.6 Å². The molecule has 12 unspecified atom stereocenters. The summed E-state index contributed by atoms with van der Waals surface area (Å²) in [6, 6.07) is -0.910. The standard InChI is InChI=1S/C63H121NO13/c1-3-5-7-9-11-13-15-17-19-21-22-23-24-25-26-27-28-29-31-32-34-36-38-40-42-44-46-52(67)51(64-55(68)47-45-43-41-39-37-35-33-30-20-18-16-14-12-10-8-6-4-2)50-74-62-60(73)58(71)61(54(49-66)76-62)77-63-59(72)57(70)56(69)53(48-65)75-63/h44,46,51-54,56-63,65-67,69-73H,3-43,45,47-50H2,1-2H3,(H,64,68)/b46-44+. The number of rotatable bonds is 53. The Morgan fingerprint density at radius 1 is 0.455 bits per heavy atom. The van der Waals surface area contributed by atoms with Crippen LogP contribution in [0, 0.1) is 0 Å². The quantitative estimate of drug-likeness (QED) is 0.0204. The summed E-state index contributed by atoms with van der Waals surface area (Å²) >= 11 is 0. The Morgan fingerprint density at radius 2 is 0.805 bits per heavy atom. The van der Waals surface area contributed by atoms with Crippen LogP contribution in [-0.4, -0.2) is 140 Å². The van der Waals surface area contributed by atoms with Crippen LogP contribution >= 0.6 is 0 Å². The Kier molecular flexibility index (Phi) is 46.0. The van der Waals surface area contributed by atoms with E-state index in [2.05, 4.69) is 19.2 Å². The van der Waals surface area contributed by atoms with E-state index in [0.29, 0.717) is 6.42 Å². The number of hydrogen-bond donors (Lipinski definition) is 9. The van der Waals surface area contributed by atoms with Crippen LogP contribution in [0.5, 0.6) is 0 Å². The van der Waals surface area contributed by atoms with Gasteiger partial charge in [-0.1, -0.05) is 276 Å². The predicted molar refractivity (Wildman–Crippen MR) is 309 cm³/mol. The van der Waals surface area contributed by atoms with Crippen molar-refractivity contribution in [3.8, 4) is 0 Å². The number of allylic oxidation sites excluding steroid dienone is 1. The molecule has 14 nitrogen and oxygen atoms in total. The minimum Gasteiger partial charge on any atom is -0.394 e. The van der Waals surface area contributed by atoms with Crippen LogP contribution in [0.4, 0.5) is 0 Å². The normalized spacial score (nSPS) is 24.7. The van der Waals surface area contributed by atoms with Crippen molar-refractivity contribution in [1.29, 1.82) is 0 Å². The highest BCUT2D eigenvalue weighted by atomic mass is 16.7. The topological polar surface area (TPSA) is 228 Å². The van der Waals surface area contributed by atoms with Gasteiger partial charge < -0.3 is 65.1 Å². The van der Waals surface area contributed by atoms with Crippen LogP contribution in [0.2, 0.25) is 0 Å². The molecule has 0 saturated carbocycles. The molecule has 2 heterocycles. The van der Waals surface area contributed by atoms with E-state index in [4.69, 9.17) is 18.9 Å². The van der Waals surface area contributed by atoms with Crippen LogP contribution in [0.15, 0.2) is 12.2 Å². The lowest BCUT2D eigenvalue weighted by atomic mass is 9.97. The predicted octanol–water partition coefficient (Wildman–Crippen LogP) is 11.8. The van der Waals surface area contributed by atoms with E-state index >= 15 is 0 Å². The summed E-state index contributed by atoms with van der Waals surface area (Å²) in [6.07, 6.45) is 41.1. The molecule has 1 amide bonds. The maximum atomic E-state index is 13.3. The zero-order valence-electron chi connectivity index (χ0n) is 49.2. The Hall–Kier alpha value is -1.27. The number of hydrogen-bond acceptors (Lipinski definition) is 13. The van der Waals surface area contributed by atoms with Gasteiger partial charge in [0, 0.05) is 6.42 Å². The molecule has 2 aliphatic rings. The molecule has 0 aromatic rings. The van der Waals surface area contributed by atoms with E-state index in [1.165, 1.54) is 225 Å². The number of aliphatic hydroxyl groups excluding tert-OH is 8. The van der Waals surface area contributed by atoms with Gasteiger partial charge in [0.2, 0.25) is 5.91 Å². The average molecular weight is 1100 g/mol. The van der Waals surface area contributed by atoms with E-state index in [0.717, 1.165) is 38.5 Å². The Bertz CT molecular complexity index is 1340. The van der Waals surface area contributed by atoms with Crippen molar-refractivity contribution in [1.82, 2.24) is 5.32 Å². The second-order valence-corrected chi connectivity index (χ2v) is 23.3. The highest BCUT2D eigenvalue weighted by Gasteiger charge is 2.51. The Morgan fingerprint density at radius 3 is 1.19 bits per heavy atom. The molecule has 0 aromatic carbocycles. The second kappa shape index (κ2) is 49.3. The summed E-state index contributed by atoms with van der Waals surface area (Å²) in [5.74, 6) is -0.233. The van der Waals surface area contributed by atoms with Crippen LogP contribution in [0.25, 0.3) is 0 Å². The average Bonchev–Trinajstić information content (AvgIpc) is 3.43. The fourth-order valence-electron chi connectivity index (χ4n) is 11.0. The van der Waals surface area contributed by atoms with E-state index in [1.54, 1.807) is 6.08 Å². The monoisotopic (exact) mass is 1100 g/mol.